The molecule has 0 aliphatic rings. The molecule has 1 unspecified atom stereocenters. The molecule has 20 heavy (non-hydrogen) atoms. The maximum atomic E-state index is 11.9. The molecule has 0 spiro atoms. The summed E-state index contributed by atoms with van der Waals surface area (Å²) in [7, 11) is 0. The lowest BCUT2D eigenvalue weighted by atomic mass is 10.0. The Morgan fingerprint density at radius 3 is 3.00 bits per heavy atom. The van der Waals surface area contributed by atoms with Crippen LogP contribution in [0.15, 0.2) is 28.8 Å². The van der Waals surface area contributed by atoms with Crippen LogP contribution < -0.4 is 5.32 Å². The second-order valence-electron chi connectivity index (χ2n) is 4.89. The molecule has 2 rings (SSSR count). The van der Waals surface area contributed by atoms with Crippen LogP contribution in [-0.2, 0) is 11.2 Å². The number of hydrogen-bond acceptors (Lipinski definition) is 4. The summed E-state index contributed by atoms with van der Waals surface area (Å²) in [5.74, 6) is 0.249. The van der Waals surface area contributed by atoms with Crippen LogP contribution in [0.3, 0.4) is 0 Å². The van der Waals surface area contributed by atoms with Crippen LogP contribution in [0, 0.1) is 5.92 Å². The van der Waals surface area contributed by atoms with Gasteiger partial charge in [0, 0.05) is 18.5 Å². The minimum Gasteiger partial charge on any atom is -0.396 e. The number of fused-ring (bicyclic) bond motifs is 1. The molecule has 0 fully saturated rings. The normalized spacial score (nSPS) is 12.5. The molecule has 1 aromatic heterocycles. The van der Waals surface area contributed by atoms with Crippen molar-refractivity contribution in [1.82, 2.24) is 10.5 Å². The van der Waals surface area contributed by atoms with Gasteiger partial charge < -0.3 is 14.9 Å². The molecule has 1 amide bonds. The smallest absolute Gasteiger partial charge is 0.226 e. The van der Waals surface area contributed by atoms with Gasteiger partial charge in [-0.25, -0.2) is 0 Å². The van der Waals surface area contributed by atoms with Gasteiger partial charge in [0.2, 0.25) is 5.91 Å². The van der Waals surface area contributed by atoms with Crippen molar-refractivity contribution in [3.8, 4) is 0 Å². The molecular formula is C15H20N2O3. The highest BCUT2D eigenvalue weighted by molar-refractivity contribution is 5.86. The molecule has 5 heteroatoms. The van der Waals surface area contributed by atoms with Gasteiger partial charge in [-0.1, -0.05) is 30.6 Å². The number of benzene rings is 1. The lowest BCUT2D eigenvalue weighted by Gasteiger charge is -2.13. The average Bonchev–Trinajstić information content (AvgIpc) is 2.87. The van der Waals surface area contributed by atoms with Crippen LogP contribution in [0.2, 0.25) is 0 Å². The SMILES string of the molecule is CCC(CCO)CNC(=O)Cc1noc2ccccc12. The summed E-state index contributed by atoms with van der Waals surface area (Å²) in [6, 6.07) is 7.50. The molecule has 0 aliphatic heterocycles. The quantitative estimate of drug-likeness (QED) is 0.810. The van der Waals surface area contributed by atoms with E-state index >= 15 is 0 Å². The van der Waals surface area contributed by atoms with Crippen LogP contribution in [0.5, 0.6) is 0 Å². The van der Waals surface area contributed by atoms with E-state index < -0.39 is 0 Å². The van der Waals surface area contributed by atoms with Crippen molar-refractivity contribution in [2.45, 2.75) is 26.2 Å². The predicted octanol–water partition coefficient (Wildman–Crippen LogP) is 1.90. The number of para-hydroxylation sites is 1. The highest BCUT2D eigenvalue weighted by Crippen LogP contribution is 2.18. The van der Waals surface area contributed by atoms with E-state index in [9.17, 15) is 4.79 Å². The van der Waals surface area contributed by atoms with Crippen molar-refractivity contribution in [1.29, 1.82) is 0 Å². The van der Waals surface area contributed by atoms with E-state index in [4.69, 9.17) is 9.63 Å². The summed E-state index contributed by atoms with van der Waals surface area (Å²) in [5.41, 5.74) is 1.36. The van der Waals surface area contributed by atoms with E-state index in [0.29, 0.717) is 30.2 Å². The number of aromatic nitrogens is 1. The van der Waals surface area contributed by atoms with Crippen LogP contribution in [-0.4, -0.2) is 29.3 Å². The van der Waals surface area contributed by atoms with Crippen molar-refractivity contribution in [2.24, 2.45) is 5.92 Å². The van der Waals surface area contributed by atoms with E-state index in [2.05, 4.69) is 17.4 Å². The zero-order chi connectivity index (χ0) is 14.4. The van der Waals surface area contributed by atoms with Crippen molar-refractivity contribution in [2.75, 3.05) is 13.2 Å². The molecule has 1 aromatic carbocycles. The van der Waals surface area contributed by atoms with Crippen LogP contribution in [0.25, 0.3) is 11.0 Å². The third-order valence-electron chi connectivity index (χ3n) is 3.48. The third-order valence-corrected chi connectivity index (χ3v) is 3.48. The molecule has 0 aliphatic carbocycles. The molecule has 5 nitrogen and oxygen atoms in total. The standard InChI is InChI=1S/C15H20N2O3/c1-2-11(7-8-18)10-16-15(19)9-13-12-5-3-4-6-14(12)20-17-13/h3-6,11,18H,2,7-10H2,1H3,(H,16,19). The molecule has 0 radical (unpaired) electrons. The van der Waals surface area contributed by atoms with Crippen LogP contribution >= 0.6 is 0 Å². The molecule has 0 bridgehead atoms. The molecular weight excluding hydrogens is 256 g/mol. The van der Waals surface area contributed by atoms with Gasteiger partial charge in [0.25, 0.3) is 0 Å². The Balaban J connectivity index is 1.91. The van der Waals surface area contributed by atoms with Gasteiger partial charge in [0.15, 0.2) is 5.58 Å². The number of aliphatic hydroxyl groups is 1. The number of hydrogen-bond donors (Lipinski definition) is 2. The first-order valence-electron chi connectivity index (χ1n) is 6.95. The van der Waals surface area contributed by atoms with Gasteiger partial charge in [-0.05, 0) is 24.5 Å². The van der Waals surface area contributed by atoms with Crippen LogP contribution in [0.4, 0.5) is 0 Å². The van der Waals surface area contributed by atoms with Gasteiger partial charge in [0.1, 0.15) is 5.69 Å². The predicted molar refractivity (Wildman–Crippen MR) is 76.2 cm³/mol. The van der Waals surface area contributed by atoms with Crippen LogP contribution in [0.1, 0.15) is 25.5 Å². The van der Waals surface area contributed by atoms with Gasteiger partial charge in [-0.3, -0.25) is 4.79 Å². The van der Waals surface area contributed by atoms with Crippen molar-refractivity contribution in [3.63, 3.8) is 0 Å². The lowest BCUT2D eigenvalue weighted by molar-refractivity contribution is -0.120. The topological polar surface area (TPSA) is 75.4 Å². The van der Waals surface area contributed by atoms with E-state index in [1.807, 2.05) is 24.3 Å². The summed E-state index contributed by atoms with van der Waals surface area (Å²) in [6.45, 7) is 2.80. The minimum atomic E-state index is -0.0690. The Morgan fingerprint density at radius 1 is 1.45 bits per heavy atom. The third kappa shape index (κ3) is 3.57. The Hall–Kier alpha value is -1.88. The number of aliphatic hydroxyl groups excluding tert-OH is 1. The second kappa shape index (κ2) is 7.05. The average molecular weight is 276 g/mol. The molecule has 1 atom stereocenters. The fraction of sp³-hybridized carbons (Fsp3) is 0.467. The number of nitrogens with one attached hydrogen (secondary N) is 1. The fourth-order valence-corrected chi connectivity index (χ4v) is 2.17. The Bertz CT molecular complexity index is 565. The summed E-state index contributed by atoms with van der Waals surface area (Å²) in [5, 5.41) is 16.6. The minimum absolute atomic E-state index is 0.0690. The van der Waals surface area contributed by atoms with Gasteiger partial charge in [-0.2, -0.15) is 0 Å². The highest BCUT2D eigenvalue weighted by atomic mass is 16.5. The van der Waals surface area contributed by atoms with Gasteiger partial charge in [-0.15, -0.1) is 0 Å². The summed E-state index contributed by atoms with van der Waals surface area (Å²) in [6.07, 6.45) is 1.87. The summed E-state index contributed by atoms with van der Waals surface area (Å²) >= 11 is 0. The molecule has 0 saturated heterocycles. The molecule has 108 valence electrons. The van der Waals surface area contributed by atoms with E-state index in [1.165, 1.54) is 0 Å². The first-order valence-corrected chi connectivity index (χ1v) is 6.95. The summed E-state index contributed by atoms with van der Waals surface area (Å²) < 4.78 is 5.17. The van der Waals surface area contributed by atoms with Gasteiger partial charge in [0.05, 0.1) is 6.42 Å². The fourth-order valence-electron chi connectivity index (χ4n) is 2.17. The number of amides is 1. The van der Waals surface area contributed by atoms with Crippen molar-refractivity contribution >= 4 is 16.9 Å². The van der Waals surface area contributed by atoms with E-state index in [0.717, 1.165) is 11.8 Å². The number of nitrogens with zero attached hydrogens (tertiary/aromatic N) is 1. The Labute approximate surface area is 118 Å². The first kappa shape index (κ1) is 14.5. The summed E-state index contributed by atoms with van der Waals surface area (Å²) in [4.78, 5) is 11.9. The maximum absolute atomic E-state index is 11.9. The first-order chi connectivity index (χ1) is 9.74. The number of carbonyl (C=O) groups excluding carboxylic acids is 1. The molecule has 2 N–H and O–H groups in total. The zero-order valence-electron chi connectivity index (χ0n) is 11.6. The maximum Gasteiger partial charge on any atom is 0.226 e. The molecule has 2 aromatic rings. The van der Waals surface area contributed by atoms with Crippen molar-refractivity contribution in [3.05, 3.63) is 30.0 Å². The number of rotatable bonds is 7. The van der Waals surface area contributed by atoms with Crippen molar-refractivity contribution < 1.29 is 14.4 Å². The molecule has 1 heterocycles. The lowest BCUT2D eigenvalue weighted by Crippen LogP contribution is -2.30. The van der Waals surface area contributed by atoms with Gasteiger partial charge >= 0.3 is 0 Å². The Kier molecular flexibility index (Phi) is 5.12. The Morgan fingerprint density at radius 2 is 2.25 bits per heavy atom. The highest BCUT2D eigenvalue weighted by Gasteiger charge is 2.13. The van der Waals surface area contributed by atoms with E-state index in [1.54, 1.807) is 0 Å². The monoisotopic (exact) mass is 276 g/mol. The largest absolute Gasteiger partial charge is 0.396 e. The second-order valence-corrected chi connectivity index (χ2v) is 4.89. The zero-order valence-corrected chi connectivity index (χ0v) is 11.6. The number of carbonyl (C=O) groups is 1. The molecule has 0 saturated carbocycles. The van der Waals surface area contributed by atoms with E-state index in [-0.39, 0.29) is 18.9 Å².